The van der Waals surface area contributed by atoms with Crippen molar-refractivity contribution in [2.24, 2.45) is 0 Å². The van der Waals surface area contributed by atoms with Gasteiger partial charge in [0.25, 0.3) is 0 Å². The Kier molecular flexibility index (Phi) is 12.7. The average molecular weight is 318 g/mol. The molecule has 1 rings (SSSR count). The minimum absolute atomic E-state index is 0.855. The maximum Gasteiger partial charge on any atom is 0.123 e. The second kappa shape index (κ2) is 14.6. The van der Waals surface area contributed by atoms with E-state index >= 15 is 0 Å². The molecule has 0 saturated carbocycles. The van der Waals surface area contributed by atoms with Gasteiger partial charge in [-0.05, 0) is 37.0 Å². The van der Waals surface area contributed by atoms with E-state index in [-0.39, 0.29) is 0 Å². The van der Waals surface area contributed by atoms with Crippen molar-refractivity contribution in [3.8, 4) is 5.75 Å². The molecule has 1 radical (unpaired) electrons. The lowest BCUT2D eigenvalue weighted by atomic mass is 10.0. The summed E-state index contributed by atoms with van der Waals surface area (Å²) < 4.78 is 6.01. The van der Waals surface area contributed by atoms with E-state index in [1.54, 1.807) is 0 Å². The third-order valence-corrected chi connectivity index (χ3v) is 4.47. The SMILES string of the molecule is CCCCCCCCOc1c[c]ccc1CCCCCCCC. The van der Waals surface area contributed by atoms with Gasteiger partial charge in [0.05, 0.1) is 6.61 Å². The quantitative estimate of drug-likeness (QED) is 0.313. The van der Waals surface area contributed by atoms with Gasteiger partial charge in [0.15, 0.2) is 0 Å². The minimum Gasteiger partial charge on any atom is -0.493 e. The first-order chi connectivity index (χ1) is 11.4. The van der Waals surface area contributed by atoms with Crippen LogP contribution in [0.3, 0.4) is 0 Å². The number of benzene rings is 1. The lowest BCUT2D eigenvalue weighted by Crippen LogP contribution is -2.00. The number of aryl methyl sites for hydroxylation is 1. The largest absolute Gasteiger partial charge is 0.493 e. The predicted octanol–water partition coefficient (Wildman–Crippen LogP) is 7.13. The van der Waals surface area contributed by atoms with Gasteiger partial charge in [-0.25, -0.2) is 0 Å². The Hall–Kier alpha value is -0.980. The van der Waals surface area contributed by atoms with Crippen LogP contribution in [-0.2, 0) is 6.42 Å². The van der Waals surface area contributed by atoms with Gasteiger partial charge in [0.2, 0.25) is 0 Å². The zero-order chi connectivity index (χ0) is 16.6. The molecule has 0 aliphatic carbocycles. The van der Waals surface area contributed by atoms with Gasteiger partial charge in [-0.1, -0.05) is 90.2 Å². The van der Waals surface area contributed by atoms with Gasteiger partial charge in [-0.2, -0.15) is 0 Å². The second-order valence-electron chi connectivity index (χ2n) is 6.67. The maximum atomic E-state index is 6.01. The number of unbranched alkanes of at least 4 members (excludes halogenated alkanes) is 10. The van der Waals surface area contributed by atoms with Crippen molar-refractivity contribution in [3.05, 3.63) is 29.8 Å². The molecular weight excluding hydrogens is 280 g/mol. The van der Waals surface area contributed by atoms with E-state index in [2.05, 4.69) is 26.0 Å². The van der Waals surface area contributed by atoms with Crippen LogP contribution in [0.15, 0.2) is 18.2 Å². The Bertz CT molecular complexity index is 372. The third-order valence-electron chi connectivity index (χ3n) is 4.47. The molecular formula is C22H37O. The summed E-state index contributed by atoms with van der Waals surface area (Å²) >= 11 is 0. The van der Waals surface area contributed by atoms with E-state index in [0.717, 1.165) is 18.8 Å². The zero-order valence-corrected chi connectivity index (χ0v) is 15.5. The van der Waals surface area contributed by atoms with E-state index in [0.29, 0.717) is 0 Å². The second-order valence-corrected chi connectivity index (χ2v) is 6.67. The first-order valence-electron chi connectivity index (χ1n) is 10.00. The molecule has 0 unspecified atom stereocenters. The lowest BCUT2D eigenvalue weighted by Gasteiger charge is -2.11. The average Bonchev–Trinajstić information content (AvgIpc) is 2.58. The van der Waals surface area contributed by atoms with Crippen molar-refractivity contribution in [1.82, 2.24) is 0 Å². The van der Waals surface area contributed by atoms with Crippen LogP contribution in [-0.4, -0.2) is 6.61 Å². The normalized spacial score (nSPS) is 10.9. The predicted molar refractivity (Wildman–Crippen MR) is 101 cm³/mol. The minimum atomic E-state index is 0.855. The van der Waals surface area contributed by atoms with E-state index in [1.807, 2.05) is 12.1 Å². The molecule has 0 atom stereocenters. The Morgan fingerprint density at radius 3 is 2.09 bits per heavy atom. The molecule has 0 saturated heterocycles. The summed E-state index contributed by atoms with van der Waals surface area (Å²) in [7, 11) is 0. The fourth-order valence-corrected chi connectivity index (χ4v) is 2.95. The molecule has 23 heavy (non-hydrogen) atoms. The summed E-state index contributed by atoms with van der Waals surface area (Å²) in [5.74, 6) is 1.06. The molecule has 0 spiro atoms. The molecule has 0 aliphatic heterocycles. The maximum absolute atomic E-state index is 6.01. The highest BCUT2D eigenvalue weighted by atomic mass is 16.5. The van der Waals surface area contributed by atoms with Crippen molar-refractivity contribution >= 4 is 0 Å². The van der Waals surface area contributed by atoms with E-state index in [4.69, 9.17) is 4.74 Å². The Labute approximate surface area is 144 Å². The summed E-state index contributed by atoms with van der Waals surface area (Å²) in [6.07, 6.45) is 17.1. The van der Waals surface area contributed by atoms with E-state index in [1.165, 1.54) is 82.6 Å². The molecule has 0 amide bonds. The molecule has 0 aliphatic rings. The molecule has 0 heterocycles. The number of rotatable bonds is 15. The van der Waals surface area contributed by atoms with Crippen LogP contribution in [0.25, 0.3) is 0 Å². The van der Waals surface area contributed by atoms with Crippen LogP contribution in [0.2, 0.25) is 0 Å². The lowest BCUT2D eigenvalue weighted by molar-refractivity contribution is 0.301. The smallest absolute Gasteiger partial charge is 0.123 e. The molecule has 1 aromatic carbocycles. The van der Waals surface area contributed by atoms with Gasteiger partial charge < -0.3 is 4.74 Å². The van der Waals surface area contributed by atoms with E-state index < -0.39 is 0 Å². The molecule has 131 valence electrons. The standard InChI is InChI=1S/C22H37O/c1-3-5-7-9-11-13-17-21-18-14-15-19-22(21)23-20-16-12-10-8-6-4-2/h14,18-19H,3-13,16-17,20H2,1-2H3. The summed E-state index contributed by atoms with van der Waals surface area (Å²) in [4.78, 5) is 0. The summed E-state index contributed by atoms with van der Waals surface area (Å²) in [6.45, 7) is 5.39. The van der Waals surface area contributed by atoms with Gasteiger partial charge in [0, 0.05) is 0 Å². The molecule has 1 aromatic rings. The summed E-state index contributed by atoms with van der Waals surface area (Å²) in [5.41, 5.74) is 1.37. The van der Waals surface area contributed by atoms with Crippen molar-refractivity contribution in [1.29, 1.82) is 0 Å². The third kappa shape index (κ3) is 10.4. The fraction of sp³-hybridized carbons (Fsp3) is 0.727. The highest BCUT2D eigenvalue weighted by Gasteiger charge is 2.03. The monoisotopic (exact) mass is 317 g/mol. The van der Waals surface area contributed by atoms with E-state index in [9.17, 15) is 0 Å². The number of hydrogen-bond donors (Lipinski definition) is 0. The van der Waals surface area contributed by atoms with Gasteiger partial charge in [-0.3, -0.25) is 0 Å². The zero-order valence-electron chi connectivity index (χ0n) is 15.5. The number of ether oxygens (including phenoxy) is 1. The van der Waals surface area contributed by atoms with Crippen LogP contribution < -0.4 is 4.74 Å². The topological polar surface area (TPSA) is 9.23 Å². The summed E-state index contributed by atoms with van der Waals surface area (Å²) in [5, 5.41) is 0. The van der Waals surface area contributed by atoms with Crippen LogP contribution in [0.1, 0.15) is 96.5 Å². The van der Waals surface area contributed by atoms with Crippen LogP contribution in [0, 0.1) is 6.07 Å². The first kappa shape index (κ1) is 20.1. The molecule has 1 heteroatoms. The highest BCUT2D eigenvalue weighted by molar-refractivity contribution is 5.32. The Morgan fingerprint density at radius 2 is 1.39 bits per heavy atom. The first-order valence-corrected chi connectivity index (χ1v) is 10.00. The van der Waals surface area contributed by atoms with Crippen molar-refractivity contribution in [2.75, 3.05) is 6.61 Å². The van der Waals surface area contributed by atoms with Gasteiger partial charge >= 0.3 is 0 Å². The molecule has 1 nitrogen and oxygen atoms in total. The fourth-order valence-electron chi connectivity index (χ4n) is 2.95. The van der Waals surface area contributed by atoms with Crippen molar-refractivity contribution in [3.63, 3.8) is 0 Å². The molecule has 0 fully saturated rings. The number of hydrogen-bond acceptors (Lipinski definition) is 1. The Morgan fingerprint density at radius 1 is 0.783 bits per heavy atom. The van der Waals surface area contributed by atoms with Crippen LogP contribution in [0.4, 0.5) is 0 Å². The molecule has 0 aromatic heterocycles. The Balaban J connectivity index is 2.17. The van der Waals surface area contributed by atoms with Crippen LogP contribution >= 0.6 is 0 Å². The molecule has 0 N–H and O–H groups in total. The van der Waals surface area contributed by atoms with Gasteiger partial charge in [0.1, 0.15) is 5.75 Å². The highest BCUT2D eigenvalue weighted by Crippen LogP contribution is 2.21. The van der Waals surface area contributed by atoms with Crippen LogP contribution in [0.5, 0.6) is 5.75 Å². The van der Waals surface area contributed by atoms with Crippen molar-refractivity contribution in [2.45, 2.75) is 97.3 Å². The van der Waals surface area contributed by atoms with Gasteiger partial charge in [-0.15, -0.1) is 0 Å². The summed E-state index contributed by atoms with van der Waals surface area (Å²) in [6, 6.07) is 9.38. The van der Waals surface area contributed by atoms with Crippen molar-refractivity contribution < 1.29 is 4.74 Å². The molecule has 0 bridgehead atoms.